The van der Waals surface area contributed by atoms with Gasteiger partial charge in [-0.05, 0) is 0 Å². The lowest BCUT2D eigenvalue weighted by atomic mass is 10.3. The average molecular weight is 301 g/mol. The third-order valence-electron chi connectivity index (χ3n) is 2.42. The van der Waals surface area contributed by atoms with Crippen molar-refractivity contribution in [3.05, 3.63) is 0 Å². The number of rotatable bonds is 3. The fourth-order valence-electron chi connectivity index (χ4n) is 1.56. The van der Waals surface area contributed by atoms with E-state index >= 15 is 0 Å². The molecule has 16 heavy (non-hydrogen) atoms. The lowest BCUT2D eigenvalue weighted by Crippen LogP contribution is -2.44. The van der Waals surface area contributed by atoms with E-state index in [9.17, 15) is 4.79 Å². The predicted octanol–water partition coefficient (Wildman–Crippen LogP) is 1.04. The molecule has 0 saturated carbocycles. The van der Waals surface area contributed by atoms with Crippen molar-refractivity contribution < 1.29 is 4.79 Å². The second kappa shape index (κ2) is 7.97. The van der Waals surface area contributed by atoms with Gasteiger partial charge in [0, 0.05) is 40.7 Å². The molecule has 0 aromatic carbocycles. The number of hydrogen-bond donors (Lipinski definition) is 2. The van der Waals surface area contributed by atoms with Crippen LogP contribution in [0.15, 0.2) is 0 Å². The Morgan fingerprint density at radius 2 is 2.19 bits per heavy atom. The van der Waals surface area contributed by atoms with Crippen LogP contribution in [0.3, 0.4) is 0 Å². The van der Waals surface area contributed by atoms with Crippen molar-refractivity contribution >= 4 is 53.6 Å². The molecule has 0 aliphatic carbocycles. The maximum Gasteiger partial charge on any atom is 0.238 e. The van der Waals surface area contributed by atoms with Crippen LogP contribution in [0.25, 0.3) is 0 Å². The van der Waals surface area contributed by atoms with Crippen LogP contribution in [-0.2, 0) is 4.79 Å². The van der Waals surface area contributed by atoms with Gasteiger partial charge < -0.3 is 5.32 Å². The van der Waals surface area contributed by atoms with Crippen LogP contribution in [0.1, 0.15) is 0 Å². The summed E-state index contributed by atoms with van der Waals surface area (Å²) < 4.78 is 0. The van der Waals surface area contributed by atoms with Crippen LogP contribution in [-0.4, -0.2) is 52.6 Å². The highest BCUT2D eigenvalue weighted by Gasteiger charge is 2.23. The topological polar surface area (TPSA) is 41.1 Å². The monoisotopic (exact) mass is 300 g/mol. The molecule has 2 fully saturated rings. The minimum atomic E-state index is 0. The van der Waals surface area contributed by atoms with E-state index in [-0.39, 0.29) is 24.4 Å². The molecule has 2 N–H and O–H groups in total. The van der Waals surface area contributed by atoms with E-state index in [2.05, 4.69) is 10.6 Å². The third kappa shape index (κ3) is 4.56. The zero-order chi connectivity index (χ0) is 10.5. The van der Waals surface area contributed by atoms with Gasteiger partial charge in [-0.3, -0.25) is 10.1 Å². The number of carbonyl (C=O) groups is 1. The molecule has 2 rings (SSSR count). The van der Waals surface area contributed by atoms with Crippen molar-refractivity contribution in [1.82, 2.24) is 10.6 Å². The second-order valence-electron chi connectivity index (χ2n) is 3.58. The average Bonchev–Trinajstić information content (AvgIpc) is 2.81. The van der Waals surface area contributed by atoms with Gasteiger partial charge in [-0.15, -0.1) is 24.2 Å². The summed E-state index contributed by atoms with van der Waals surface area (Å²) in [6.45, 7) is 0.833. The minimum Gasteiger partial charge on any atom is -0.354 e. The highest BCUT2D eigenvalue weighted by Crippen LogP contribution is 2.23. The van der Waals surface area contributed by atoms with Crippen molar-refractivity contribution in [1.29, 1.82) is 0 Å². The van der Waals surface area contributed by atoms with Gasteiger partial charge in [0.25, 0.3) is 0 Å². The Hall–Kier alpha value is 0.770. The van der Waals surface area contributed by atoms with E-state index in [1.165, 1.54) is 17.3 Å². The Balaban J connectivity index is 0.00000128. The summed E-state index contributed by atoms with van der Waals surface area (Å²) in [7, 11) is 0. The summed E-state index contributed by atoms with van der Waals surface area (Å²) in [6.07, 6.45) is 0. The molecule has 0 aromatic heterocycles. The largest absolute Gasteiger partial charge is 0.354 e. The molecule has 0 bridgehead atoms. The molecule has 2 heterocycles. The molecule has 0 aromatic rings. The Labute approximate surface area is 115 Å². The van der Waals surface area contributed by atoms with Crippen LogP contribution in [0.2, 0.25) is 0 Å². The number of halogens is 1. The number of carbonyl (C=O) groups excluding carboxylic acids is 1. The molecular weight excluding hydrogens is 284 g/mol. The zero-order valence-electron chi connectivity index (χ0n) is 8.94. The zero-order valence-corrected chi connectivity index (χ0v) is 12.2. The highest BCUT2D eigenvalue weighted by molar-refractivity contribution is 8.06. The van der Waals surface area contributed by atoms with Crippen LogP contribution >= 0.6 is 47.7 Å². The lowest BCUT2D eigenvalue weighted by Gasteiger charge is -2.21. The molecule has 3 nitrogen and oxygen atoms in total. The van der Waals surface area contributed by atoms with Gasteiger partial charge >= 0.3 is 0 Å². The van der Waals surface area contributed by atoms with Gasteiger partial charge in [-0.2, -0.15) is 23.5 Å². The van der Waals surface area contributed by atoms with Crippen molar-refractivity contribution in [3.63, 3.8) is 0 Å². The smallest absolute Gasteiger partial charge is 0.238 e. The van der Waals surface area contributed by atoms with Crippen molar-refractivity contribution in [3.8, 4) is 0 Å². The summed E-state index contributed by atoms with van der Waals surface area (Å²) in [5.74, 6) is 5.66. The maximum absolute atomic E-state index is 11.7. The minimum absolute atomic E-state index is 0. The summed E-state index contributed by atoms with van der Waals surface area (Å²) in [6, 6.07) is 0.0382. The molecule has 1 amide bonds. The number of nitrogens with one attached hydrogen (secondary N) is 2. The summed E-state index contributed by atoms with van der Waals surface area (Å²) in [4.78, 5) is 11.7. The predicted molar refractivity (Wildman–Crippen MR) is 78.1 cm³/mol. The molecule has 94 valence electrons. The molecule has 2 aliphatic rings. The Morgan fingerprint density at radius 1 is 1.31 bits per heavy atom. The quantitative estimate of drug-likeness (QED) is 0.815. The maximum atomic E-state index is 11.7. The first-order chi connectivity index (χ1) is 7.36. The van der Waals surface area contributed by atoms with Crippen molar-refractivity contribution in [2.45, 2.75) is 11.3 Å². The first kappa shape index (κ1) is 14.8. The van der Waals surface area contributed by atoms with E-state index in [1.54, 1.807) is 11.8 Å². The molecular formula is C9H17ClN2OS3. The normalized spacial score (nSPS) is 29.5. The molecule has 2 atom stereocenters. The van der Waals surface area contributed by atoms with Gasteiger partial charge in [0.05, 0.1) is 6.04 Å². The first-order valence-corrected chi connectivity index (χ1v) is 8.50. The highest BCUT2D eigenvalue weighted by atomic mass is 35.5. The SMILES string of the molecule is Cl.O=C(NCC1CSCCS1)[C@H]1CSCN1. The standard InChI is InChI=1S/C9H16N2OS3.ClH/c12-9(8-5-14-6-11-8)10-3-7-4-13-1-2-15-7;/h7-8,11H,1-6H2,(H,10,12);1H/t7?,8-;/m1./s1. The fourth-order valence-corrected chi connectivity index (χ4v) is 5.11. The summed E-state index contributed by atoms with van der Waals surface area (Å²) in [5, 5.41) is 6.84. The van der Waals surface area contributed by atoms with Crippen LogP contribution in [0.5, 0.6) is 0 Å². The van der Waals surface area contributed by atoms with Gasteiger partial charge in [0.2, 0.25) is 5.91 Å². The van der Waals surface area contributed by atoms with E-state index in [0.717, 1.165) is 18.2 Å². The van der Waals surface area contributed by atoms with Gasteiger partial charge in [-0.1, -0.05) is 0 Å². The number of amides is 1. The van der Waals surface area contributed by atoms with Gasteiger partial charge in [0.1, 0.15) is 0 Å². The molecule has 0 spiro atoms. The molecule has 2 aliphatic heterocycles. The Bertz CT molecular complexity index is 221. The number of hydrogen-bond acceptors (Lipinski definition) is 5. The van der Waals surface area contributed by atoms with E-state index in [0.29, 0.717) is 5.25 Å². The van der Waals surface area contributed by atoms with Crippen LogP contribution in [0.4, 0.5) is 0 Å². The molecule has 1 unspecified atom stereocenters. The summed E-state index contributed by atoms with van der Waals surface area (Å²) in [5.41, 5.74) is 0. The van der Waals surface area contributed by atoms with Crippen molar-refractivity contribution in [2.75, 3.05) is 35.4 Å². The molecule has 2 saturated heterocycles. The Morgan fingerprint density at radius 3 is 2.81 bits per heavy atom. The molecule has 7 heteroatoms. The Kier molecular flexibility index (Phi) is 7.39. The number of thioether (sulfide) groups is 3. The van der Waals surface area contributed by atoms with Crippen LogP contribution < -0.4 is 10.6 Å². The molecule has 0 radical (unpaired) electrons. The van der Waals surface area contributed by atoms with Gasteiger partial charge in [0.15, 0.2) is 0 Å². The third-order valence-corrected chi connectivity index (χ3v) is 6.21. The van der Waals surface area contributed by atoms with E-state index in [1.807, 2.05) is 23.5 Å². The fraction of sp³-hybridized carbons (Fsp3) is 0.889. The van der Waals surface area contributed by atoms with Crippen LogP contribution in [0, 0.1) is 0 Å². The second-order valence-corrected chi connectivity index (χ2v) is 7.17. The first-order valence-electron chi connectivity index (χ1n) is 5.14. The van der Waals surface area contributed by atoms with E-state index < -0.39 is 0 Å². The van der Waals surface area contributed by atoms with Crippen molar-refractivity contribution in [2.24, 2.45) is 0 Å². The summed E-state index contributed by atoms with van der Waals surface area (Å²) >= 11 is 5.77. The van der Waals surface area contributed by atoms with Gasteiger partial charge in [-0.25, -0.2) is 0 Å². The lowest BCUT2D eigenvalue weighted by molar-refractivity contribution is -0.122. The van der Waals surface area contributed by atoms with E-state index in [4.69, 9.17) is 0 Å².